The topological polar surface area (TPSA) is 40.5 Å². The number of benzene rings is 1. The average molecular weight is 235 g/mol. The first kappa shape index (κ1) is 11.8. The summed E-state index contributed by atoms with van der Waals surface area (Å²) >= 11 is 0. The molecule has 90 valence electrons. The number of likely N-dealkylation sites (tertiary alicyclic amines) is 1. The number of amides is 1. The van der Waals surface area contributed by atoms with Gasteiger partial charge < -0.3 is 10.0 Å². The van der Waals surface area contributed by atoms with Crippen LogP contribution in [0.2, 0.25) is 0 Å². The van der Waals surface area contributed by atoms with Crippen molar-refractivity contribution in [3.8, 4) is 0 Å². The van der Waals surface area contributed by atoms with Gasteiger partial charge in [0, 0.05) is 19.2 Å². The van der Waals surface area contributed by atoms with Crippen molar-refractivity contribution in [1.82, 2.24) is 4.90 Å². The second-order valence-corrected chi connectivity index (χ2v) is 4.12. The molecule has 0 aromatic heterocycles. The van der Waals surface area contributed by atoms with Crippen LogP contribution in [0.1, 0.15) is 12.0 Å². The van der Waals surface area contributed by atoms with Crippen LogP contribution < -0.4 is 0 Å². The molecule has 1 fully saturated rings. The standard InChI is InChI=1S/C13H14FNO2/c14-11-3-1-2-10(8-11)4-5-13(17)15-7-6-12(16)9-15/h1-5,8,12,16H,6-7,9H2/b5-4+/t12-/m0/s1. The maximum atomic E-state index is 12.9. The van der Waals surface area contributed by atoms with Gasteiger partial charge in [-0.25, -0.2) is 4.39 Å². The Labute approximate surface area is 99.2 Å². The highest BCUT2D eigenvalue weighted by atomic mass is 19.1. The van der Waals surface area contributed by atoms with E-state index in [2.05, 4.69) is 0 Å². The van der Waals surface area contributed by atoms with E-state index in [0.717, 1.165) is 0 Å². The minimum Gasteiger partial charge on any atom is -0.391 e. The molecule has 17 heavy (non-hydrogen) atoms. The number of nitrogens with zero attached hydrogens (tertiary/aromatic N) is 1. The number of aliphatic hydroxyl groups is 1. The highest BCUT2D eigenvalue weighted by molar-refractivity contribution is 5.91. The van der Waals surface area contributed by atoms with E-state index in [1.807, 2.05) is 0 Å². The smallest absolute Gasteiger partial charge is 0.246 e. The maximum Gasteiger partial charge on any atom is 0.246 e. The summed E-state index contributed by atoms with van der Waals surface area (Å²) < 4.78 is 12.9. The predicted molar refractivity (Wildman–Crippen MR) is 62.6 cm³/mol. The summed E-state index contributed by atoms with van der Waals surface area (Å²) in [6.45, 7) is 0.958. The lowest BCUT2D eigenvalue weighted by Crippen LogP contribution is -2.27. The van der Waals surface area contributed by atoms with Gasteiger partial charge in [-0.15, -0.1) is 0 Å². The van der Waals surface area contributed by atoms with Gasteiger partial charge >= 0.3 is 0 Å². The number of carbonyl (C=O) groups is 1. The Kier molecular flexibility index (Phi) is 3.54. The fourth-order valence-electron chi connectivity index (χ4n) is 1.83. The van der Waals surface area contributed by atoms with Gasteiger partial charge in [-0.05, 0) is 30.2 Å². The summed E-state index contributed by atoms with van der Waals surface area (Å²) in [5, 5.41) is 9.30. The number of halogens is 1. The van der Waals surface area contributed by atoms with Crippen LogP contribution in [0.25, 0.3) is 6.08 Å². The number of aliphatic hydroxyl groups excluding tert-OH is 1. The Hall–Kier alpha value is -1.68. The van der Waals surface area contributed by atoms with Crippen molar-refractivity contribution in [2.24, 2.45) is 0 Å². The molecule has 4 heteroatoms. The fraction of sp³-hybridized carbons (Fsp3) is 0.308. The predicted octanol–water partition coefficient (Wildman–Crippen LogP) is 1.43. The molecule has 1 aliphatic rings. The zero-order valence-electron chi connectivity index (χ0n) is 9.34. The maximum absolute atomic E-state index is 12.9. The van der Waals surface area contributed by atoms with Crippen LogP contribution in [0.4, 0.5) is 4.39 Å². The van der Waals surface area contributed by atoms with E-state index in [4.69, 9.17) is 0 Å². The van der Waals surface area contributed by atoms with E-state index in [1.165, 1.54) is 18.2 Å². The van der Waals surface area contributed by atoms with Crippen molar-refractivity contribution in [2.45, 2.75) is 12.5 Å². The average Bonchev–Trinajstić information content (AvgIpc) is 2.73. The van der Waals surface area contributed by atoms with E-state index in [1.54, 1.807) is 23.1 Å². The highest BCUT2D eigenvalue weighted by Gasteiger charge is 2.22. The van der Waals surface area contributed by atoms with E-state index in [9.17, 15) is 14.3 Å². The van der Waals surface area contributed by atoms with Gasteiger partial charge in [-0.3, -0.25) is 4.79 Å². The molecule has 0 unspecified atom stereocenters. The zero-order valence-corrected chi connectivity index (χ0v) is 9.34. The third kappa shape index (κ3) is 3.14. The summed E-state index contributed by atoms with van der Waals surface area (Å²) in [6.07, 6.45) is 3.20. The summed E-state index contributed by atoms with van der Waals surface area (Å²) in [5.41, 5.74) is 0.651. The zero-order chi connectivity index (χ0) is 12.3. The van der Waals surface area contributed by atoms with Gasteiger partial charge in [0.05, 0.1) is 6.10 Å². The molecule has 1 aliphatic heterocycles. The first-order chi connectivity index (χ1) is 8.15. The molecule has 1 saturated heterocycles. The van der Waals surface area contributed by atoms with Crippen molar-refractivity contribution >= 4 is 12.0 Å². The minimum atomic E-state index is -0.415. The van der Waals surface area contributed by atoms with Crippen molar-refractivity contribution in [2.75, 3.05) is 13.1 Å². The van der Waals surface area contributed by atoms with Gasteiger partial charge in [-0.1, -0.05) is 12.1 Å². The quantitative estimate of drug-likeness (QED) is 0.788. The number of β-amino-alcohol motifs (C(OH)–C–C–N with tert-alkyl or cyclic N) is 1. The Morgan fingerprint density at radius 3 is 3.00 bits per heavy atom. The van der Waals surface area contributed by atoms with Gasteiger partial charge in [0.2, 0.25) is 5.91 Å². The van der Waals surface area contributed by atoms with E-state index in [-0.39, 0.29) is 11.7 Å². The summed E-state index contributed by atoms with van der Waals surface area (Å²) in [4.78, 5) is 13.3. The first-order valence-electron chi connectivity index (χ1n) is 5.56. The molecule has 2 rings (SSSR count). The van der Waals surface area contributed by atoms with Gasteiger partial charge in [-0.2, -0.15) is 0 Å². The highest BCUT2D eigenvalue weighted by Crippen LogP contribution is 2.10. The third-order valence-electron chi connectivity index (χ3n) is 2.74. The Balaban J connectivity index is 1.98. The van der Waals surface area contributed by atoms with E-state index >= 15 is 0 Å². The molecular weight excluding hydrogens is 221 g/mol. The van der Waals surface area contributed by atoms with Crippen LogP contribution in [-0.4, -0.2) is 35.1 Å². The molecule has 1 aromatic rings. The summed E-state index contributed by atoms with van der Waals surface area (Å²) in [5.74, 6) is -0.470. The number of hydrogen-bond acceptors (Lipinski definition) is 2. The van der Waals surface area contributed by atoms with Crippen LogP contribution in [0.5, 0.6) is 0 Å². The SMILES string of the molecule is O=C(/C=C/c1cccc(F)c1)N1CC[C@H](O)C1. The monoisotopic (exact) mass is 235 g/mol. The Morgan fingerprint density at radius 1 is 1.53 bits per heavy atom. The molecule has 0 aliphatic carbocycles. The molecule has 1 atom stereocenters. The van der Waals surface area contributed by atoms with Crippen molar-refractivity contribution < 1.29 is 14.3 Å². The lowest BCUT2D eigenvalue weighted by molar-refractivity contribution is -0.125. The molecule has 1 amide bonds. The summed E-state index contributed by atoms with van der Waals surface area (Å²) in [7, 11) is 0. The number of rotatable bonds is 2. The molecule has 0 saturated carbocycles. The molecule has 0 spiro atoms. The lowest BCUT2D eigenvalue weighted by Gasteiger charge is -2.12. The van der Waals surface area contributed by atoms with Gasteiger partial charge in [0.25, 0.3) is 0 Å². The van der Waals surface area contributed by atoms with E-state index in [0.29, 0.717) is 25.1 Å². The molecule has 1 heterocycles. The minimum absolute atomic E-state index is 0.147. The van der Waals surface area contributed by atoms with Crippen LogP contribution in [0.15, 0.2) is 30.3 Å². The van der Waals surface area contributed by atoms with Crippen molar-refractivity contribution in [1.29, 1.82) is 0 Å². The number of carbonyl (C=O) groups excluding carboxylic acids is 1. The fourth-order valence-corrected chi connectivity index (χ4v) is 1.83. The van der Waals surface area contributed by atoms with Crippen LogP contribution in [0.3, 0.4) is 0 Å². The van der Waals surface area contributed by atoms with Crippen molar-refractivity contribution in [3.05, 3.63) is 41.7 Å². The Bertz CT molecular complexity index is 445. The molecule has 1 N–H and O–H groups in total. The molecule has 1 aromatic carbocycles. The Morgan fingerprint density at radius 2 is 2.35 bits per heavy atom. The lowest BCUT2D eigenvalue weighted by atomic mass is 10.2. The molecular formula is C13H14FNO2. The number of hydrogen-bond donors (Lipinski definition) is 1. The molecule has 3 nitrogen and oxygen atoms in total. The second-order valence-electron chi connectivity index (χ2n) is 4.12. The van der Waals surface area contributed by atoms with Crippen LogP contribution in [-0.2, 0) is 4.79 Å². The first-order valence-corrected chi connectivity index (χ1v) is 5.56. The van der Waals surface area contributed by atoms with Crippen molar-refractivity contribution in [3.63, 3.8) is 0 Å². The largest absolute Gasteiger partial charge is 0.391 e. The summed E-state index contributed by atoms with van der Waals surface area (Å²) in [6, 6.07) is 6.05. The second kappa shape index (κ2) is 5.10. The van der Waals surface area contributed by atoms with Crippen LogP contribution >= 0.6 is 0 Å². The third-order valence-corrected chi connectivity index (χ3v) is 2.74. The van der Waals surface area contributed by atoms with E-state index < -0.39 is 6.10 Å². The molecule has 0 radical (unpaired) electrons. The normalized spacial score (nSPS) is 20.1. The van der Waals surface area contributed by atoms with Gasteiger partial charge in [0.1, 0.15) is 5.82 Å². The van der Waals surface area contributed by atoms with Crippen LogP contribution in [0, 0.1) is 5.82 Å². The van der Waals surface area contributed by atoms with Gasteiger partial charge in [0.15, 0.2) is 0 Å². The molecule has 0 bridgehead atoms.